The Morgan fingerprint density at radius 2 is 1.70 bits per heavy atom. The van der Waals surface area contributed by atoms with E-state index in [1.165, 1.54) is 6.07 Å². The lowest BCUT2D eigenvalue weighted by Crippen LogP contribution is -1.86. The maximum absolute atomic E-state index is 13.7. The number of nitrogens with one attached hydrogen (secondary N) is 1. The summed E-state index contributed by atoms with van der Waals surface area (Å²) in [6, 6.07) is 15.8. The van der Waals surface area contributed by atoms with Crippen LogP contribution in [0.2, 0.25) is 0 Å². The van der Waals surface area contributed by atoms with Gasteiger partial charge in [0, 0.05) is 11.1 Å². The van der Waals surface area contributed by atoms with Crippen LogP contribution in [0.15, 0.2) is 48.5 Å². The van der Waals surface area contributed by atoms with Gasteiger partial charge in [0.25, 0.3) is 0 Å². The van der Waals surface area contributed by atoms with Crippen molar-refractivity contribution in [1.82, 2.24) is 15.4 Å². The molecular weight excluding hydrogens is 255 g/mol. The molecule has 0 aliphatic rings. The van der Waals surface area contributed by atoms with Gasteiger partial charge < -0.3 is 0 Å². The molecule has 0 amide bonds. The number of nitriles is 1. The summed E-state index contributed by atoms with van der Waals surface area (Å²) in [5.74, 6) is -0.264. The topological polar surface area (TPSA) is 65.4 Å². The van der Waals surface area contributed by atoms with Gasteiger partial charge in [0.05, 0.1) is 0 Å². The molecule has 0 unspecified atom stereocenters. The maximum atomic E-state index is 13.7. The summed E-state index contributed by atoms with van der Waals surface area (Å²) in [6.07, 6.45) is 0. The van der Waals surface area contributed by atoms with E-state index in [-0.39, 0.29) is 5.82 Å². The van der Waals surface area contributed by atoms with E-state index >= 15 is 0 Å². The van der Waals surface area contributed by atoms with Crippen LogP contribution in [0.4, 0.5) is 4.39 Å². The average Bonchev–Trinajstić information content (AvgIpc) is 2.96. The predicted molar refractivity (Wildman–Crippen MR) is 71.9 cm³/mol. The lowest BCUT2D eigenvalue weighted by molar-refractivity contribution is 0.631. The SMILES string of the molecule is N#Cc1[nH]nnc1-c1ccc(-c2ccccc2F)cc1. The number of aromatic amines is 1. The van der Waals surface area contributed by atoms with Crippen LogP contribution in [-0.4, -0.2) is 15.4 Å². The molecule has 1 heterocycles. The van der Waals surface area contributed by atoms with E-state index in [1.807, 2.05) is 6.07 Å². The molecule has 0 atom stereocenters. The highest BCUT2D eigenvalue weighted by molar-refractivity contribution is 5.70. The molecule has 0 aliphatic heterocycles. The predicted octanol–water partition coefficient (Wildman–Crippen LogP) is 3.15. The number of hydrogen-bond donors (Lipinski definition) is 1. The Bertz CT molecular complexity index is 763. The van der Waals surface area contributed by atoms with Crippen molar-refractivity contribution in [3.8, 4) is 28.5 Å². The van der Waals surface area contributed by atoms with Crippen molar-refractivity contribution in [1.29, 1.82) is 5.26 Å². The van der Waals surface area contributed by atoms with Crippen molar-refractivity contribution >= 4 is 0 Å². The second-order valence-electron chi connectivity index (χ2n) is 4.20. The lowest BCUT2D eigenvalue weighted by Gasteiger charge is -2.04. The normalized spacial score (nSPS) is 10.2. The zero-order chi connectivity index (χ0) is 13.9. The van der Waals surface area contributed by atoms with Crippen molar-refractivity contribution in [2.24, 2.45) is 0 Å². The van der Waals surface area contributed by atoms with Crippen LogP contribution in [-0.2, 0) is 0 Å². The van der Waals surface area contributed by atoms with E-state index in [4.69, 9.17) is 5.26 Å². The first kappa shape index (κ1) is 12.1. The monoisotopic (exact) mass is 264 g/mol. The maximum Gasteiger partial charge on any atom is 0.163 e. The van der Waals surface area contributed by atoms with Gasteiger partial charge in [0.1, 0.15) is 17.6 Å². The van der Waals surface area contributed by atoms with Crippen molar-refractivity contribution in [3.05, 3.63) is 60.0 Å². The van der Waals surface area contributed by atoms with E-state index in [0.29, 0.717) is 17.0 Å². The van der Waals surface area contributed by atoms with Crippen LogP contribution in [0.25, 0.3) is 22.4 Å². The quantitative estimate of drug-likeness (QED) is 0.773. The second-order valence-corrected chi connectivity index (χ2v) is 4.20. The van der Waals surface area contributed by atoms with Gasteiger partial charge in [0.15, 0.2) is 5.69 Å². The fraction of sp³-hybridized carbons (Fsp3) is 0. The molecule has 0 spiro atoms. The second kappa shape index (κ2) is 4.94. The van der Waals surface area contributed by atoms with Crippen molar-refractivity contribution in [3.63, 3.8) is 0 Å². The molecule has 0 fully saturated rings. The molecule has 0 radical (unpaired) electrons. The fourth-order valence-corrected chi connectivity index (χ4v) is 2.01. The molecule has 0 bridgehead atoms. The van der Waals surface area contributed by atoms with Crippen LogP contribution < -0.4 is 0 Å². The Balaban J connectivity index is 2.01. The van der Waals surface area contributed by atoms with Gasteiger partial charge >= 0.3 is 0 Å². The number of H-pyrrole nitrogens is 1. The summed E-state index contributed by atoms with van der Waals surface area (Å²) in [6.45, 7) is 0. The van der Waals surface area contributed by atoms with Crippen LogP contribution in [0.3, 0.4) is 0 Å². The summed E-state index contributed by atoms with van der Waals surface area (Å²) in [7, 11) is 0. The van der Waals surface area contributed by atoms with E-state index in [0.717, 1.165) is 11.1 Å². The fourth-order valence-electron chi connectivity index (χ4n) is 2.01. The molecule has 1 N–H and O–H groups in total. The van der Waals surface area contributed by atoms with Gasteiger partial charge in [-0.15, -0.1) is 5.10 Å². The molecule has 3 aromatic rings. The first-order valence-electron chi connectivity index (χ1n) is 5.96. The first-order valence-corrected chi connectivity index (χ1v) is 5.96. The third-order valence-electron chi connectivity index (χ3n) is 3.00. The van der Waals surface area contributed by atoms with Crippen LogP contribution in [0.1, 0.15) is 5.69 Å². The highest BCUT2D eigenvalue weighted by Gasteiger charge is 2.10. The average molecular weight is 264 g/mol. The van der Waals surface area contributed by atoms with Gasteiger partial charge in [-0.2, -0.15) is 5.26 Å². The number of hydrogen-bond acceptors (Lipinski definition) is 3. The lowest BCUT2D eigenvalue weighted by atomic mass is 10.0. The molecule has 4 nitrogen and oxygen atoms in total. The Kier molecular flexibility index (Phi) is 2.98. The van der Waals surface area contributed by atoms with Gasteiger partial charge in [-0.1, -0.05) is 47.7 Å². The Morgan fingerprint density at radius 3 is 2.40 bits per heavy atom. The highest BCUT2D eigenvalue weighted by Crippen LogP contribution is 2.26. The molecule has 96 valence electrons. The Labute approximate surface area is 114 Å². The highest BCUT2D eigenvalue weighted by atomic mass is 19.1. The van der Waals surface area contributed by atoms with Gasteiger partial charge in [0.2, 0.25) is 0 Å². The molecule has 5 heteroatoms. The minimum absolute atomic E-state index is 0.264. The molecule has 3 rings (SSSR count). The Morgan fingerprint density at radius 1 is 1.00 bits per heavy atom. The Hall–Kier alpha value is -3.00. The summed E-state index contributed by atoms with van der Waals surface area (Å²) in [4.78, 5) is 0. The molecule has 0 saturated carbocycles. The number of nitrogens with zero attached hydrogens (tertiary/aromatic N) is 3. The molecule has 20 heavy (non-hydrogen) atoms. The molecule has 0 aliphatic carbocycles. The van der Waals surface area contributed by atoms with E-state index < -0.39 is 0 Å². The molecule has 2 aromatic carbocycles. The number of aromatic nitrogens is 3. The van der Waals surface area contributed by atoms with Crippen molar-refractivity contribution in [2.75, 3.05) is 0 Å². The summed E-state index contributed by atoms with van der Waals surface area (Å²) in [5, 5.41) is 18.9. The summed E-state index contributed by atoms with van der Waals surface area (Å²) in [5.41, 5.74) is 2.88. The van der Waals surface area contributed by atoms with Crippen molar-refractivity contribution < 1.29 is 4.39 Å². The van der Waals surface area contributed by atoms with E-state index in [2.05, 4.69) is 15.4 Å². The van der Waals surface area contributed by atoms with Gasteiger partial charge in [-0.05, 0) is 11.6 Å². The summed E-state index contributed by atoms with van der Waals surface area (Å²) < 4.78 is 13.7. The number of rotatable bonds is 2. The third-order valence-corrected chi connectivity index (χ3v) is 3.00. The zero-order valence-electron chi connectivity index (χ0n) is 10.3. The number of halogens is 1. The molecule has 0 saturated heterocycles. The van der Waals surface area contributed by atoms with Gasteiger partial charge in [-0.25, -0.2) is 9.49 Å². The molecular formula is C15H9FN4. The van der Waals surface area contributed by atoms with E-state index in [9.17, 15) is 4.39 Å². The largest absolute Gasteiger partial charge is 0.247 e. The smallest absolute Gasteiger partial charge is 0.163 e. The third kappa shape index (κ3) is 2.04. The van der Waals surface area contributed by atoms with Crippen LogP contribution >= 0.6 is 0 Å². The first-order chi connectivity index (χ1) is 9.79. The zero-order valence-corrected chi connectivity index (χ0v) is 10.3. The van der Waals surface area contributed by atoms with Crippen molar-refractivity contribution in [2.45, 2.75) is 0 Å². The number of benzene rings is 2. The van der Waals surface area contributed by atoms with E-state index in [1.54, 1.807) is 42.5 Å². The van der Waals surface area contributed by atoms with Crippen LogP contribution in [0, 0.1) is 17.1 Å². The minimum Gasteiger partial charge on any atom is -0.247 e. The molecule has 1 aromatic heterocycles. The summed E-state index contributed by atoms with van der Waals surface area (Å²) >= 11 is 0. The standard InChI is InChI=1S/C15H9FN4/c16-13-4-2-1-3-12(13)10-5-7-11(8-6-10)15-14(9-17)18-20-19-15/h1-8H,(H,18,19,20). The minimum atomic E-state index is -0.264. The van der Waals surface area contributed by atoms with Crippen LogP contribution in [0.5, 0.6) is 0 Å². The van der Waals surface area contributed by atoms with Gasteiger partial charge in [-0.3, -0.25) is 0 Å².